The van der Waals surface area contributed by atoms with Gasteiger partial charge in [-0.15, -0.1) is 0 Å². The molecule has 0 radical (unpaired) electrons. The number of nitrogens with one attached hydrogen (secondary N) is 1. The predicted molar refractivity (Wildman–Crippen MR) is 65.0 cm³/mol. The summed E-state index contributed by atoms with van der Waals surface area (Å²) in [5.41, 5.74) is 0. The molecule has 0 aromatic heterocycles. The van der Waals surface area contributed by atoms with Crippen molar-refractivity contribution >= 4 is 0 Å². The fourth-order valence-corrected chi connectivity index (χ4v) is 2.42. The Morgan fingerprint density at radius 2 is 1.80 bits per heavy atom. The van der Waals surface area contributed by atoms with E-state index in [1.807, 2.05) is 0 Å². The van der Waals surface area contributed by atoms with Crippen LogP contribution in [0, 0.1) is 5.92 Å². The van der Waals surface area contributed by atoms with Gasteiger partial charge in [0.2, 0.25) is 0 Å². The molecular formula is C13H27NO. The summed E-state index contributed by atoms with van der Waals surface area (Å²) >= 11 is 0. The fraction of sp³-hybridized carbons (Fsp3) is 1.00. The van der Waals surface area contributed by atoms with E-state index in [4.69, 9.17) is 0 Å². The molecule has 1 saturated carbocycles. The first-order valence-electron chi connectivity index (χ1n) is 6.69. The summed E-state index contributed by atoms with van der Waals surface area (Å²) in [6.07, 6.45) is 8.28. The Hall–Kier alpha value is -0.0800. The zero-order valence-electron chi connectivity index (χ0n) is 10.3. The lowest BCUT2D eigenvalue weighted by Crippen LogP contribution is -2.41. The summed E-state index contributed by atoms with van der Waals surface area (Å²) in [6, 6.07) is 0.355. The molecule has 0 aromatic rings. The maximum absolute atomic E-state index is 9.94. The summed E-state index contributed by atoms with van der Waals surface area (Å²) < 4.78 is 0. The van der Waals surface area contributed by atoms with Crippen molar-refractivity contribution in [2.75, 3.05) is 6.54 Å². The van der Waals surface area contributed by atoms with Crippen LogP contribution in [0.2, 0.25) is 0 Å². The van der Waals surface area contributed by atoms with Crippen molar-refractivity contribution in [2.24, 2.45) is 5.92 Å². The molecule has 1 aliphatic rings. The highest BCUT2D eigenvalue weighted by atomic mass is 16.3. The third kappa shape index (κ3) is 4.52. The molecule has 1 aliphatic carbocycles. The highest BCUT2D eigenvalue weighted by Gasteiger charge is 2.21. The summed E-state index contributed by atoms with van der Waals surface area (Å²) in [5, 5.41) is 13.5. The second-order valence-electron chi connectivity index (χ2n) is 4.90. The molecule has 0 spiro atoms. The second kappa shape index (κ2) is 7.24. The Balaban J connectivity index is 2.28. The Bertz CT molecular complexity index is 157. The molecule has 0 aliphatic heterocycles. The highest BCUT2D eigenvalue weighted by Crippen LogP contribution is 2.18. The number of hydrogen-bond acceptors (Lipinski definition) is 2. The van der Waals surface area contributed by atoms with Crippen molar-refractivity contribution in [3.63, 3.8) is 0 Å². The second-order valence-corrected chi connectivity index (χ2v) is 4.90. The fourth-order valence-electron chi connectivity index (χ4n) is 2.42. The van der Waals surface area contributed by atoms with Gasteiger partial charge in [0.05, 0.1) is 6.10 Å². The molecule has 1 fully saturated rings. The van der Waals surface area contributed by atoms with E-state index >= 15 is 0 Å². The molecule has 2 atom stereocenters. The van der Waals surface area contributed by atoms with Crippen LogP contribution in [0.4, 0.5) is 0 Å². The topological polar surface area (TPSA) is 32.3 Å². The van der Waals surface area contributed by atoms with E-state index in [2.05, 4.69) is 19.2 Å². The van der Waals surface area contributed by atoms with E-state index in [-0.39, 0.29) is 6.10 Å². The molecule has 0 amide bonds. The predicted octanol–water partition coefficient (Wildman–Crippen LogP) is 2.71. The van der Waals surface area contributed by atoms with Gasteiger partial charge in [-0.3, -0.25) is 0 Å². The minimum Gasteiger partial charge on any atom is -0.392 e. The maximum Gasteiger partial charge on any atom is 0.0693 e. The summed E-state index contributed by atoms with van der Waals surface area (Å²) in [5.74, 6) is 0.778. The molecule has 0 aromatic carbocycles. The minimum absolute atomic E-state index is 0.109. The van der Waals surface area contributed by atoms with Crippen molar-refractivity contribution in [3.05, 3.63) is 0 Å². The first-order valence-corrected chi connectivity index (χ1v) is 6.69. The maximum atomic E-state index is 9.94. The van der Waals surface area contributed by atoms with Gasteiger partial charge in [-0.2, -0.15) is 0 Å². The van der Waals surface area contributed by atoms with E-state index < -0.39 is 0 Å². The van der Waals surface area contributed by atoms with Gasteiger partial charge >= 0.3 is 0 Å². The lowest BCUT2D eigenvalue weighted by Gasteiger charge is -2.24. The first-order chi connectivity index (χ1) is 7.27. The van der Waals surface area contributed by atoms with Crippen molar-refractivity contribution in [1.82, 2.24) is 5.32 Å². The highest BCUT2D eigenvalue weighted by molar-refractivity contribution is 4.79. The summed E-state index contributed by atoms with van der Waals surface area (Å²) in [7, 11) is 0. The average Bonchev–Trinajstić information content (AvgIpc) is 2.45. The third-order valence-electron chi connectivity index (χ3n) is 3.80. The number of aliphatic hydroxyl groups excluding tert-OH is 1. The molecule has 0 saturated heterocycles. The van der Waals surface area contributed by atoms with Crippen molar-refractivity contribution in [3.8, 4) is 0 Å². The van der Waals surface area contributed by atoms with Crippen LogP contribution < -0.4 is 5.32 Å². The Labute approximate surface area is 94.5 Å². The standard InChI is InChI=1S/C13H27NO/c1-3-11(4-2)10-14-12-8-6-5-7-9-13(12)15/h11-15H,3-10H2,1-2H3. The Morgan fingerprint density at radius 1 is 1.13 bits per heavy atom. The van der Waals surface area contributed by atoms with E-state index in [9.17, 15) is 5.11 Å². The lowest BCUT2D eigenvalue weighted by atomic mass is 10.0. The largest absolute Gasteiger partial charge is 0.392 e. The number of rotatable bonds is 5. The molecular weight excluding hydrogens is 186 g/mol. The van der Waals surface area contributed by atoms with Gasteiger partial charge in [0.1, 0.15) is 0 Å². The molecule has 2 nitrogen and oxygen atoms in total. The third-order valence-corrected chi connectivity index (χ3v) is 3.80. The van der Waals surface area contributed by atoms with Crippen LogP contribution in [0.25, 0.3) is 0 Å². The smallest absolute Gasteiger partial charge is 0.0693 e. The SMILES string of the molecule is CCC(CC)CNC1CCCCCC1O. The average molecular weight is 213 g/mol. The molecule has 15 heavy (non-hydrogen) atoms. The molecule has 2 heteroatoms. The summed E-state index contributed by atoms with van der Waals surface area (Å²) in [6.45, 7) is 5.58. The van der Waals surface area contributed by atoms with Crippen LogP contribution in [0.1, 0.15) is 58.8 Å². The van der Waals surface area contributed by atoms with Gasteiger partial charge in [0.15, 0.2) is 0 Å². The molecule has 0 heterocycles. The van der Waals surface area contributed by atoms with E-state index in [0.717, 1.165) is 25.3 Å². The van der Waals surface area contributed by atoms with Gasteiger partial charge in [-0.1, -0.05) is 46.0 Å². The monoisotopic (exact) mass is 213 g/mol. The lowest BCUT2D eigenvalue weighted by molar-refractivity contribution is 0.117. The zero-order valence-corrected chi connectivity index (χ0v) is 10.3. The van der Waals surface area contributed by atoms with Gasteiger partial charge in [-0.05, 0) is 25.3 Å². The van der Waals surface area contributed by atoms with Crippen molar-refractivity contribution < 1.29 is 5.11 Å². The Kier molecular flexibility index (Phi) is 6.26. The zero-order chi connectivity index (χ0) is 11.1. The van der Waals surface area contributed by atoms with Crippen LogP contribution in [-0.4, -0.2) is 23.8 Å². The van der Waals surface area contributed by atoms with Crippen molar-refractivity contribution in [1.29, 1.82) is 0 Å². The van der Waals surface area contributed by atoms with E-state index in [1.54, 1.807) is 0 Å². The van der Waals surface area contributed by atoms with Gasteiger partial charge < -0.3 is 10.4 Å². The van der Waals surface area contributed by atoms with Crippen molar-refractivity contribution in [2.45, 2.75) is 70.9 Å². The normalized spacial score (nSPS) is 28.0. The van der Waals surface area contributed by atoms with E-state index in [1.165, 1.54) is 32.1 Å². The minimum atomic E-state index is -0.109. The van der Waals surface area contributed by atoms with Crippen LogP contribution in [0.15, 0.2) is 0 Å². The number of hydrogen-bond donors (Lipinski definition) is 2. The van der Waals surface area contributed by atoms with Crippen LogP contribution in [0.5, 0.6) is 0 Å². The summed E-state index contributed by atoms with van der Waals surface area (Å²) in [4.78, 5) is 0. The first kappa shape index (κ1) is 13.0. The van der Waals surface area contributed by atoms with Crippen LogP contribution >= 0.6 is 0 Å². The van der Waals surface area contributed by atoms with Gasteiger partial charge in [0, 0.05) is 6.04 Å². The molecule has 90 valence electrons. The van der Waals surface area contributed by atoms with Crippen LogP contribution in [-0.2, 0) is 0 Å². The molecule has 2 unspecified atom stereocenters. The Morgan fingerprint density at radius 3 is 2.47 bits per heavy atom. The molecule has 2 N–H and O–H groups in total. The van der Waals surface area contributed by atoms with E-state index in [0.29, 0.717) is 6.04 Å². The van der Waals surface area contributed by atoms with Gasteiger partial charge in [0.25, 0.3) is 0 Å². The van der Waals surface area contributed by atoms with Gasteiger partial charge in [-0.25, -0.2) is 0 Å². The quantitative estimate of drug-likeness (QED) is 0.688. The molecule has 0 bridgehead atoms. The number of aliphatic hydroxyl groups is 1. The van der Waals surface area contributed by atoms with Crippen LogP contribution in [0.3, 0.4) is 0 Å². The molecule has 1 rings (SSSR count).